The molecule has 116 heavy (non-hydrogen) atoms. The summed E-state index contributed by atoms with van der Waals surface area (Å²) in [5.41, 5.74) is 20.1. The van der Waals surface area contributed by atoms with Gasteiger partial charge in [-0.15, -0.1) is 0 Å². The van der Waals surface area contributed by atoms with Crippen LogP contribution in [0.2, 0.25) is 0 Å². The molecule has 29 nitrogen and oxygen atoms in total. The van der Waals surface area contributed by atoms with Gasteiger partial charge in [0.15, 0.2) is 38.1 Å². The number of rotatable bonds is 15. The number of aromatic nitrogens is 27. The van der Waals surface area contributed by atoms with Gasteiger partial charge >= 0.3 is 0 Å². The van der Waals surface area contributed by atoms with Crippen LogP contribution in [0.3, 0.4) is 0 Å². The van der Waals surface area contributed by atoms with Gasteiger partial charge in [-0.25, -0.2) is 76.1 Å². The van der Waals surface area contributed by atoms with Crippen molar-refractivity contribution in [2.45, 2.75) is 159 Å². The maximum Gasteiger partial charge on any atom is 0.251 e. The second-order valence-corrected chi connectivity index (χ2v) is 32.8. The molecule has 592 valence electrons. The van der Waals surface area contributed by atoms with E-state index in [-0.39, 0.29) is 23.0 Å². The Morgan fingerprint density at radius 3 is 0.983 bits per heavy atom. The summed E-state index contributed by atoms with van der Waals surface area (Å²) < 4.78 is 41.6. The van der Waals surface area contributed by atoms with Crippen LogP contribution < -0.4 is 0 Å². The molecular formula is C85H92BrN27O2S. The van der Waals surface area contributed by atoms with E-state index in [4.69, 9.17) is 19.9 Å². The van der Waals surface area contributed by atoms with Crippen molar-refractivity contribution in [3.8, 4) is 74.3 Å². The average molecular weight is 1640 g/mol. The molecule has 0 amide bonds. The van der Waals surface area contributed by atoms with E-state index in [9.17, 15) is 8.42 Å². The lowest BCUT2D eigenvalue weighted by Crippen LogP contribution is -2.06. The van der Waals surface area contributed by atoms with E-state index >= 15 is 0 Å². The smallest absolute Gasteiger partial charge is 0.251 e. The summed E-state index contributed by atoms with van der Waals surface area (Å²) in [7, 11) is -3.24. The van der Waals surface area contributed by atoms with Crippen LogP contribution in [0.15, 0.2) is 198 Å². The minimum absolute atomic E-state index is 0.201. The van der Waals surface area contributed by atoms with Crippen LogP contribution in [0.5, 0.6) is 0 Å². The predicted octanol–water partition coefficient (Wildman–Crippen LogP) is 18.0. The molecule has 18 aromatic rings. The first kappa shape index (κ1) is 79.7. The van der Waals surface area contributed by atoms with Crippen LogP contribution in [0.1, 0.15) is 148 Å². The van der Waals surface area contributed by atoms with Gasteiger partial charge in [0.25, 0.3) is 5.95 Å². The molecule has 0 atom stereocenters. The van der Waals surface area contributed by atoms with Gasteiger partial charge in [0.2, 0.25) is 0 Å². The highest BCUT2D eigenvalue weighted by Gasteiger charge is 2.22. The fourth-order valence-electron chi connectivity index (χ4n) is 13.6. The lowest BCUT2D eigenvalue weighted by atomic mass is 10.2. The number of fused-ring (bicyclic) bond motifs is 5. The molecule has 0 aliphatic rings. The fourth-order valence-corrected chi connectivity index (χ4v) is 14.5. The van der Waals surface area contributed by atoms with Crippen LogP contribution in [0.4, 0.5) is 0 Å². The SMILES string of the molecule is Cc1nn(C(C)C)c2nc(-c3ccn[nH]3)ccc12.Cc1nn(C(C)C)c2nc(-c3ccnn3-c3ccc(Br)cc3)ccc12.Cc1nn(C(C)C)c2nc(-c3ccnn3-c3ccc(S(C)(=O)=O)cc3)ccc12.Cc1nn(C(C)C)c2nc(-c3ccnn3-c3ncccn3)ccc12.Cc1nn(C(C)C)c2nc(-c3ccnn3C(C)C)ccc12. The van der Waals surface area contributed by atoms with Gasteiger partial charge in [-0.3, -0.25) is 9.78 Å². The molecule has 16 aromatic heterocycles. The van der Waals surface area contributed by atoms with Crippen LogP contribution in [0, 0.1) is 34.6 Å². The molecule has 2 aromatic carbocycles. The van der Waals surface area contributed by atoms with E-state index in [1.165, 1.54) is 6.26 Å². The van der Waals surface area contributed by atoms with Gasteiger partial charge in [0.1, 0.15) is 0 Å². The second kappa shape index (κ2) is 33.3. The molecule has 1 N–H and O–H groups in total. The van der Waals surface area contributed by atoms with E-state index < -0.39 is 9.84 Å². The summed E-state index contributed by atoms with van der Waals surface area (Å²) in [6.45, 7) is 35.3. The van der Waals surface area contributed by atoms with E-state index in [1.54, 1.807) is 76.9 Å². The molecule has 0 aliphatic carbocycles. The zero-order valence-corrected chi connectivity index (χ0v) is 70.5. The van der Waals surface area contributed by atoms with Gasteiger partial charge in [0.05, 0.1) is 120 Å². The summed E-state index contributed by atoms with van der Waals surface area (Å²) in [6, 6.07) is 48.2. The number of halogens is 1. The largest absolute Gasteiger partial charge is 0.276 e. The Balaban J connectivity index is 0.000000120. The quantitative estimate of drug-likeness (QED) is 0.0996. The first-order valence-corrected chi connectivity index (χ1v) is 41.1. The van der Waals surface area contributed by atoms with Crippen molar-refractivity contribution >= 4 is 80.9 Å². The maximum atomic E-state index is 11.7. The standard InChI is InChI=1S/C20H21N5O2S.C19H18BrN5.C17H17N7.C16H21N5.C13H15N5/c1-13(2)24-20-17(14(3)23-24)9-10-18(22-20)19-11-12-21-25(19)15-5-7-16(8-6-15)28(4,26)27;1-12(2)24-19-16(13(3)23-24)8-9-17(22-19)18-10-11-21-25(18)15-6-4-14(20)5-7-15;1-11(2)23-16-13(12(3)22-23)5-6-14(21-16)15-7-10-20-24(15)17-18-8-4-9-19-17;1-10(2)20-15(8-9-17-20)14-7-6-13-12(5)19-21(11(3)4)16(13)18-14;1-8(2)18-13-10(9(3)17-18)4-5-11(15-13)12-6-7-14-16-12/h5-13H,1-4H3;4-12H,1-3H3;4-11H,1-3H3;6-11H,1-5H3;4-8H,1-3H3,(H,14,16). The van der Waals surface area contributed by atoms with Crippen molar-refractivity contribution in [1.29, 1.82) is 0 Å². The number of nitrogens with zero attached hydrogens (tertiary/aromatic N) is 26. The van der Waals surface area contributed by atoms with Crippen molar-refractivity contribution in [3.63, 3.8) is 0 Å². The maximum absolute atomic E-state index is 11.7. The summed E-state index contributed by atoms with van der Waals surface area (Å²) in [4.78, 5) is 32.9. The summed E-state index contributed by atoms with van der Waals surface area (Å²) in [5.74, 6) is 0.521. The molecule has 0 unspecified atom stereocenters. The first-order chi connectivity index (χ1) is 55.6. The number of aryl methyl sites for hydroxylation is 5. The van der Waals surface area contributed by atoms with Crippen molar-refractivity contribution in [3.05, 3.63) is 222 Å². The molecule has 0 aliphatic heterocycles. The predicted molar refractivity (Wildman–Crippen MR) is 457 cm³/mol. The summed E-state index contributed by atoms with van der Waals surface area (Å²) >= 11 is 3.47. The highest BCUT2D eigenvalue weighted by molar-refractivity contribution is 9.10. The number of benzene rings is 2. The zero-order chi connectivity index (χ0) is 82.1. The Bertz CT molecular complexity index is 6610. The van der Waals surface area contributed by atoms with Crippen LogP contribution in [-0.4, -0.2) is 148 Å². The van der Waals surface area contributed by atoms with Crippen molar-refractivity contribution in [2.75, 3.05) is 6.26 Å². The minimum Gasteiger partial charge on any atom is -0.276 e. The lowest BCUT2D eigenvalue weighted by Gasteiger charge is -2.11. The fraction of sp³-hybridized carbons (Fsp3) is 0.282. The van der Waals surface area contributed by atoms with Crippen molar-refractivity contribution in [1.82, 2.24) is 133 Å². The lowest BCUT2D eigenvalue weighted by molar-refractivity contribution is 0.536. The number of nitrogens with one attached hydrogen (secondary N) is 1. The highest BCUT2D eigenvalue weighted by Crippen LogP contribution is 2.33. The molecule has 0 saturated carbocycles. The molecule has 0 radical (unpaired) electrons. The normalized spacial score (nSPS) is 11.8. The summed E-state index contributed by atoms with van der Waals surface area (Å²) in [6.07, 6.45) is 13.4. The third-order valence-electron chi connectivity index (χ3n) is 19.4. The molecule has 0 bridgehead atoms. The van der Waals surface area contributed by atoms with Gasteiger partial charge in [-0.2, -0.15) is 55.7 Å². The van der Waals surface area contributed by atoms with Crippen molar-refractivity contribution in [2.24, 2.45) is 0 Å². The Kier molecular flexibility index (Phi) is 22.9. The number of pyridine rings is 5. The summed E-state index contributed by atoms with van der Waals surface area (Å²) in [5, 5.41) is 52.9. The number of sulfone groups is 1. The van der Waals surface area contributed by atoms with E-state index in [0.29, 0.717) is 24.1 Å². The Hall–Kier alpha value is -12.9. The number of H-pyrrole nitrogens is 1. The third-order valence-corrected chi connectivity index (χ3v) is 21.0. The Morgan fingerprint density at radius 1 is 0.328 bits per heavy atom. The monoisotopic (exact) mass is 1630 g/mol. The number of aromatic amines is 1. The molecule has 31 heteroatoms. The topological polar surface area (TPSA) is 313 Å². The number of hydrogen-bond donors (Lipinski definition) is 1. The highest BCUT2D eigenvalue weighted by atomic mass is 79.9. The van der Waals surface area contributed by atoms with Gasteiger partial charge < -0.3 is 0 Å². The van der Waals surface area contributed by atoms with Gasteiger partial charge in [-0.1, -0.05) is 15.9 Å². The number of hydrogen-bond acceptors (Lipinski definition) is 19. The molecular weight excluding hydrogens is 1540 g/mol. The molecule has 16 heterocycles. The second-order valence-electron chi connectivity index (χ2n) is 29.9. The van der Waals surface area contributed by atoms with Crippen LogP contribution >= 0.6 is 15.9 Å². The average Bonchev–Trinajstić information content (AvgIpc) is 1.64. The Morgan fingerprint density at radius 2 is 0.638 bits per heavy atom. The molecule has 0 fully saturated rings. The van der Waals surface area contributed by atoms with E-state index in [1.807, 2.05) is 159 Å². The van der Waals surface area contributed by atoms with Gasteiger partial charge in [0, 0.05) is 98.7 Å². The first-order valence-electron chi connectivity index (χ1n) is 38.4. The molecule has 0 spiro atoms. The van der Waals surface area contributed by atoms with Crippen LogP contribution in [-0.2, 0) is 9.84 Å². The minimum atomic E-state index is -3.24. The molecule has 0 saturated heterocycles. The van der Waals surface area contributed by atoms with E-state index in [0.717, 1.165) is 156 Å². The van der Waals surface area contributed by atoms with Gasteiger partial charge in [-0.05, 0) is 263 Å². The molecule has 18 rings (SSSR count). The van der Waals surface area contributed by atoms with Crippen LogP contribution in [0.25, 0.3) is 129 Å². The zero-order valence-electron chi connectivity index (χ0n) is 68.1. The van der Waals surface area contributed by atoms with E-state index in [2.05, 4.69) is 200 Å². The van der Waals surface area contributed by atoms with Crippen molar-refractivity contribution < 1.29 is 8.42 Å². The third kappa shape index (κ3) is 16.3. The Labute approximate surface area is 679 Å².